The molecule has 9 heteroatoms. The first-order chi connectivity index (χ1) is 6.45. The minimum Gasteiger partial charge on any atom is -0.543 e. The molecule has 17 heavy (non-hydrogen) atoms. The Morgan fingerprint density at radius 3 is 1.24 bits per heavy atom. The van der Waals surface area contributed by atoms with Crippen molar-refractivity contribution in [3.05, 3.63) is 0 Å². The number of carbonyl (C=O) groups excluding carboxylic acids is 2. The van der Waals surface area contributed by atoms with Crippen molar-refractivity contribution in [2.75, 3.05) is 0 Å². The Labute approximate surface area is 113 Å². The van der Waals surface area contributed by atoms with Crippen molar-refractivity contribution in [3.63, 3.8) is 0 Å². The second-order valence-electron chi connectivity index (χ2n) is 3.19. The standard InChI is InChI=1S/C6H14N2.C2H2O4.2H2O.Pt/c7-5-3-1-2-4-6(5)8;3-1(4)2(5)6;;;/h5-6H,1-4,7-8H2;(H,3,4)(H,5,6);2*1H2;/q;;;;+2/p-2/t5-,6-;;;;/m1..../s1. The zero-order valence-corrected chi connectivity index (χ0v) is 11.4. The molecular formula is C8H18N2O6Pt. The number of hydrogen-bond donors (Lipinski definition) is 2. The summed E-state index contributed by atoms with van der Waals surface area (Å²) in [6.07, 6.45) is 4.80. The zero-order chi connectivity index (χ0) is 11.1. The van der Waals surface area contributed by atoms with Gasteiger partial charge in [0.2, 0.25) is 0 Å². The van der Waals surface area contributed by atoms with Crippen LogP contribution >= 0.6 is 0 Å². The van der Waals surface area contributed by atoms with E-state index in [0.29, 0.717) is 0 Å². The summed E-state index contributed by atoms with van der Waals surface area (Å²) < 4.78 is 0. The normalized spacial score (nSPS) is 21.3. The topological polar surface area (TPSA) is 195 Å². The predicted octanol–water partition coefficient (Wildman–Crippen LogP) is -4.95. The third-order valence-corrected chi connectivity index (χ3v) is 2.04. The Hall–Kier alpha value is -0.532. The van der Waals surface area contributed by atoms with E-state index in [1.165, 1.54) is 12.8 Å². The minimum absolute atomic E-state index is 0. The van der Waals surface area contributed by atoms with Gasteiger partial charge in [-0.2, -0.15) is 0 Å². The van der Waals surface area contributed by atoms with E-state index in [0.717, 1.165) is 12.8 Å². The van der Waals surface area contributed by atoms with Gasteiger partial charge in [0, 0.05) is 12.1 Å². The Morgan fingerprint density at radius 1 is 0.882 bits per heavy atom. The first-order valence-corrected chi connectivity index (χ1v) is 4.38. The average molecular weight is 433 g/mol. The SMILES string of the molecule is N[C@@H]1CCCC[C@H]1N.O.O.O=C([O-])C(=O)[O-].[Pt+2]. The molecule has 1 rings (SSSR count). The summed E-state index contributed by atoms with van der Waals surface area (Å²) in [6, 6.07) is 0.562. The van der Waals surface area contributed by atoms with E-state index in [1.807, 2.05) is 0 Å². The maximum atomic E-state index is 8.93. The van der Waals surface area contributed by atoms with E-state index in [2.05, 4.69) is 0 Å². The van der Waals surface area contributed by atoms with Crippen LogP contribution in [0.4, 0.5) is 0 Å². The van der Waals surface area contributed by atoms with Gasteiger partial charge in [-0.3, -0.25) is 0 Å². The monoisotopic (exact) mass is 433 g/mol. The van der Waals surface area contributed by atoms with Crippen molar-refractivity contribution >= 4 is 11.9 Å². The average Bonchev–Trinajstić information content (AvgIpc) is 2.11. The minimum atomic E-state index is -2.19. The largest absolute Gasteiger partial charge is 2.00 e. The van der Waals surface area contributed by atoms with E-state index >= 15 is 0 Å². The molecule has 0 heterocycles. The number of carbonyl (C=O) groups is 2. The molecule has 0 aromatic carbocycles. The molecule has 0 unspecified atom stereocenters. The maximum absolute atomic E-state index is 8.93. The van der Waals surface area contributed by atoms with Gasteiger partial charge >= 0.3 is 21.1 Å². The van der Waals surface area contributed by atoms with Crippen LogP contribution < -0.4 is 21.7 Å². The van der Waals surface area contributed by atoms with Gasteiger partial charge in [0.25, 0.3) is 0 Å². The van der Waals surface area contributed by atoms with Crippen LogP contribution in [0.3, 0.4) is 0 Å². The summed E-state index contributed by atoms with van der Waals surface area (Å²) in [5, 5.41) is 17.9. The number of rotatable bonds is 0. The van der Waals surface area contributed by atoms with Gasteiger partial charge in [0.05, 0.1) is 11.9 Å². The van der Waals surface area contributed by atoms with Crippen molar-refractivity contribution < 1.29 is 51.8 Å². The number of carboxylic acids is 2. The van der Waals surface area contributed by atoms with Crippen LogP contribution in [-0.2, 0) is 30.7 Å². The first-order valence-electron chi connectivity index (χ1n) is 4.38. The van der Waals surface area contributed by atoms with Crippen molar-refractivity contribution in [1.29, 1.82) is 0 Å². The van der Waals surface area contributed by atoms with E-state index in [-0.39, 0.29) is 44.1 Å². The molecule has 0 spiro atoms. The molecule has 1 fully saturated rings. The van der Waals surface area contributed by atoms with Crippen LogP contribution in [0.15, 0.2) is 0 Å². The molecule has 2 atom stereocenters. The van der Waals surface area contributed by atoms with Crippen molar-refractivity contribution in [2.45, 2.75) is 37.8 Å². The number of nitrogens with two attached hydrogens (primary N) is 2. The van der Waals surface area contributed by atoms with Crippen LogP contribution in [0, 0.1) is 0 Å². The van der Waals surface area contributed by atoms with Crippen molar-refractivity contribution in [1.82, 2.24) is 0 Å². The fourth-order valence-electron chi connectivity index (χ4n) is 1.19. The van der Waals surface area contributed by atoms with Gasteiger partial charge in [-0.15, -0.1) is 0 Å². The summed E-state index contributed by atoms with van der Waals surface area (Å²) >= 11 is 0. The van der Waals surface area contributed by atoms with Crippen LogP contribution in [-0.4, -0.2) is 35.0 Å². The second kappa shape index (κ2) is 13.5. The number of carboxylic acid groups (broad SMARTS) is 2. The molecule has 0 bridgehead atoms. The molecule has 0 saturated heterocycles. The molecule has 0 aromatic rings. The van der Waals surface area contributed by atoms with Crippen LogP contribution in [0.1, 0.15) is 25.7 Å². The van der Waals surface area contributed by atoms with E-state index in [4.69, 9.17) is 31.3 Å². The fraction of sp³-hybridized carbons (Fsp3) is 0.750. The van der Waals surface area contributed by atoms with Gasteiger partial charge in [0.1, 0.15) is 0 Å². The van der Waals surface area contributed by atoms with Crippen molar-refractivity contribution in [2.24, 2.45) is 11.5 Å². The van der Waals surface area contributed by atoms with Crippen LogP contribution in [0.25, 0.3) is 0 Å². The fourth-order valence-corrected chi connectivity index (χ4v) is 1.19. The Bertz CT molecular complexity index is 194. The summed E-state index contributed by atoms with van der Waals surface area (Å²) in [6.45, 7) is 0. The van der Waals surface area contributed by atoms with Gasteiger partial charge in [-0.25, -0.2) is 0 Å². The molecule has 1 saturated carbocycles. The molecular weight excluding hydrogens is 415 g/mol. The van der Waals surface area contributed by atoms with Gasteiger partial charge in [0.15, 0.2) is 0 Å². The Kier molecular flexibility index (Phi) is 20.2. The molecule has 0 aromatic heterocycles. The summed E-state index contributed by atoms with van der Waals surface area (Å²) in [7, 11) is 0. The van der Waals surface area contributed by atoms with Gasteiger partial charge in [-0.05, 0) is 12.8 Å². The molecule has 8 nitrogen and oxygen atoms in total. The molecule has 1 aliphatic rings. The third-order valence-electron chi connectivity index (χ3n) is 2.04. The molecule has 0 amide bonds. The third kappa shape index (κ3) is 13.4. The summed E-state index contributed by atoms with van der Waals surface area (Å²) in [5.74, 6) is -4.37. The summed E-state index contributed by atoms with van der Waals surface area (Å²) in [4.78, 5) is 17.9. The Morgan fingerprint density at radius 2 is 1.12 bits per heavy atom. The van der Waals surface area contributed by atoms with Gasteiger partial charge in [-0.1, -0.05) is 12.8 Å². The zero-order valence-electron chi connectivity index (χ0n) is 9.09. The van der Waals surface area contributed by atoms with Crippen LogP contribution in [0.2, 0.25) is 0 Å². The first kappa shape index (κ1) is 25.3. The van der Waals surface area contributed by atoms with E-state index < -0.39 is 11.9 Å². The van der Waals surface area contributed by atoms with Crippen molar-refractivity contribution in [3.8, 4) is 0 Å². The molecule has 8 N–H and O–H groups in total. The Balaban J connectivity index is -0.0000000873. The molecule has 106 valence electrons. The van der Waals surface area contributed by atoms with E-state index in [9.17, 15) is 0 Å². The maximum Gasteiger partial charge on any atom is 2.00 e. The van der Waals surface area contributed by atoms with E-state index in [1.54, 1.807) is 0 Å². The smallest absolute Gasteiger partial charge is 0.543 e. The molecule has 0 radical (unpaired) electrons. The van der Waals surface area contributed by atoms with Gasteiger partial charge < -0.3 is 42.2 Å². The number of aliphatic carboxylic acids is 2. The second-order valence-corrected chi connectivity index (χ2v) is 3.19. The predicted molar refractivity (Wildman–Crippen MR) is 51.7 cm³/mol. The molecule has 0 aliphatic heterocycles. The van der Waals surface area contributed by atoms with Crippen LogP contribution in [0.5, 0.6) is 0 Å². The quantitative estimate of drug-likeness (QED) is 0.359. The summed E-state index contributed by atoms with van der Waals surface area (Å²) in [5.41, 5.74) is 11.3. The number of hydrogen-bond acceptors (Lipinski definition) is 6. The molecule has 1 aliphatic carbocycles.